The van der Waals surface area contributed by atoms with Crippen molar-refractivity contribution >= 4 is 5.95 Å². The minimum Gasteiger partial charge on any atom is -0.391 e. The number of hydrogen-bond donors (Lipinski definition) is 1. The summed E-state index contributed by atoms with van der Waals surface area (Å²) in [6.07, 6.45) is 1.72. The zero-order chi connectivity index (χ0) is 16.4. The molecule has 1 aliphatic heterocycles. The van der Waals surface area contributed by atoms with E-state index in [1.54, 1.807) is 12.1 Å². The molecule has 1 N–H and O–H groups in total. The van der Waals surface area contributed by atoms with Gasteiger partial charge in [0.25, 0.3) is 0 Å². The van der Waals surface area contributed by atoms with Gasteiger partial charge in [-0.25, -0.2) is 9.37 Å². The second-order valence-corrected chi connectivity index (χ2v) is 5.82. The first-order valence-electron chi connectivity index (χ1n) is 8.05. The molecule has 0 spiro atoms. The number of aryl methyl sites for hydroxylation is 2. The Bertz CT molecular complexity index is 677. The average molecular weight is 316 g/mol. The third-order valence-electron chi connectivity index (χ3n) is 4.29. The van der Waals surface area contributed by atoms with Crippen LogP contribution in [0, 0.1) is 5.82 Å². The highest BCUT2D eigenvalue weighted by atomic mass is 19.1. The standard InChI is InChI=1S/C17H21FN4O/c1-3-14-15(4-2)20-21-17(19-14)22-10-13(23)9-16(22)11-5-7-12(18)8-6-11/h5-8,13,16,23H,3-4,9-10H2,1-2H3/t13-,16+/m1/s1. The number of aliphatic hydroxyl groups excluding tert-OH is 1. The van der Waals surface area contributed by atoms with Crippen LogP contribution in [-0.2, 0) is 12.8 Å². The van der Waals surface area contributed by atoms with E-state index in [1.807, 2.05) is 18.7 Å². The van der Waals surface area contributed by atoms with E-state index in [2.05, 4.69) is 15.2 Å². The molecule has 1 saturated heterocycles. The highest BCUT2D eigenvalue weighted by Gasteiger charge is 2.34. The molecule has 122 valence electrons. The van der Waals surface area contributed by atoms with Crippen LogP contribution in [0.2, 0.25) is 0 Å². The van der Waals surface area contributed by atoms with E-state index >= 15 is 0 Å². The van der Waals surface area contributed by atoms with Crippen LogP contribution in [0.1, 0.15) is 43.3 Å². The van der Waals surface area contributed by atoms with Crippen LogP contribution >= 0.6 is 0 Å². The molecule has 0 bridgehead atoms. The maximum atomic E-state index is 13.2. The lowest BCUT2D eigenvalue weighted by molar-refractivity contribution is 0.194. The first-order valence-corrected chi connectivity index (χ1v) is 8.05. The SMILES string of the molecule is CCc1nnc(N2C[C@H](O)C[C@H]2c2ccc(F)cc2)nc1CC. The van der Waals surface area contributed by atoms with Gasteiger partial charge in [0.15, 0.2) is 0 Å². The highest BCUT2D eigenvalue weighted by molar-refractivity contribution is 5.39. The summed E-state index contributed by atoms with van der Waals surface area (Å²) in [5.41, 5.74) is 2.80. The van der Waals surface area contributed by atoms with Crippen molar-refractivity contribution in [2.24, 2.45) is 0 Å². The van der Waals surface area contributed by atoms with E-state index in [-0.39, 0.29) is 11.9 Å². The summed E-state index contributed by atoms with van der Waals surface area (Å²) in [5, 5.41) is 18.6. The number of anilines is 1. The lowest BCUT2D eigenvalue weighted by Crippen LogP contribution is -2.27. The van der Waals surface area contributed by atoms with E-state index in [4.69, 9.17) is 0 Å². The van der Waals surface area contributed by atoms with Crippen molar-refractivity contribution in [1.82, 2.24) is 15.2 Å². The molecule has 23 heavy (non-hydrogen) atoms. The fourth-order valence-corrected chi connectivity index (χ4v) is 3.09. The van der Waals surface area contributed by atoms with Gasteiger partial charge in [-0.1, -0.05) is 26.0 Å². The molecule has 2 heterocycles. The second-order valence-electron chi connectivity index (χ2n) is 5.82. The van der Waals surface area contributed by atoms with Crippen LogP contribution in [0.15, 0.2) is 24.3 Å². The lowest BCUT2D eigenvalue weighted by atomic mass is 10.0. The van der Waals surface area contributed by atoms with Crippen LogP contribution in [-0.4, -0.2) is 32.9 Å². The van der Waals surface area contributed by atoms with E-state index in [1.165, 1.54) is 12.1 Å². The van der Waals surface area contributed by atoms with Gasteiger partial charge in [0.1, 0.15) is 5.82 Å². The number of aromatic nitrogens is 3. The maximum absolute atomic E-state index is 13.2. The molecule has 5 nitrogen and oxygen atoms in total. The number of hydrogen-bond acceptors (Lipinski definition) is 5. The number of β-amino-alcohol motifs (C(OH)–C–C–N with tert-alkyl or cyclic N) is 1. The fraction of sp³-hybridized carbons (Fsp3) is 0.471. The van der Waals surface area contributed by atoms with Crippen LogP contribution < -0.4 is 4.90 Å². The number of halogens is 1. The summed E-state index contributed by atoms with van der Waals surface area (Å²) in [4.78, 5) is 6.60. The Kier molecular flexibility index (Phi) is 4.52. The van der Waals surface area contributed by atoms with Crippen molar-refractivity contribution in [3.8, 4) is 0 Å². The monoisotopic (exact) mass is 316 g/mol. The third-order valence-corrected chi connectivity index (χ3v) is 4.29. The van der Waals surface area contributed by atoms with Gasteiger partial charge in [-0.2, -0.15) is 5.10 Å². The van der Waals surface area contributed by atoms with Gasteiger partial charge in [-0.15, -0.1) is 5.10 Å². The highest BCUT2D eigenvalue weighted by Crippen LogP contribution is 2.34. The lowest BCUT2D eigenvalue weighted by Gasteiger charge is -2.24. The predicted molar refractivity (Wildman–Crippen MR) is 85.7 cm³/mol. The maximum Gasteiger partial charge on any atom is 0.246 e. The molecule has 3 rings (SSSR count). The quantitative estimate of drug-likeness (QED) is 0.939. The van der Waals surface area contributed by atoms with Gasteiger partial charge in [0.2, 0.25) is 5.95 Å². The van der Waals surface area contributed by atoms with Gasteiger partial charge < -0.3 is 10.0 Å². The van der Waals surface area contributed by atoms with Crippen molar-refractivity contribution in [1.29, 1.82) is 0 Å². The van der Waals surface area contributed by atoms with Crippen molar-refractivity contribution < 1.29 is 9.50 Å². The molecule has 1 aromatic carbocycles. The Morgan fingerprint density at radius 1 is 1.13 bits per heavy atom. The third kappa shape index (κ3) is 3.17. The molecule has 0 amide bonds. The van der Waals surface area contributed by atoms with Gasteiger partial charge in [0.05, 0.1) is 23.5 Å². The summed E-state index contributed by atoms with van der Waals surface area (Å²) in [5.74, 6) is 0.266. The Balaban J connectivity index is 1.94. The Morgan fingerprint density at radius 2 is 1.83 bits per heavy atom. The number of rotatable bonds is 4. The Hall–Kier alpha value is -2.08. The van der Waals surface area contributed by atoms with E-state index in [0.717, 1.165) is 29.8 Å². The summed E-state index contributed by atoms with van der Waals surface area (Å²) in [7, 11) is 0. The molecule has 0 unspecified atom stereocenters. The normalized spacial score (nSPS) is 21.0. The van der Waals surface area contributed by atoms with Crippen molar-refractivity contribution in [3.63, 3.8) is 0 Å². The molecule has 0 radical (unpaired) electrons. The smallest absolute Gasteiger partial charge is 0.246 e. The van der Waals surface area contributed by atoms with E-state index in [0.29, 0.717) is 18.9 Å². The van der Waals surface area contributed by atoms with Crippen molar-refractivity contribution in [2.75, 3.05) is 11.4 Å². The Morgan fingerprint density at radius 3 is 2.48 bits per heavy atom. The van der Waals surface area contributed by atoms with Gasteiger partial charge >= 0.3 is 0 Å². The molecule has 1 aliphatic rings. The summed E-state index contributed by atoms with van der Waals surface area (Å²) >= 11 is 0. The van der Waals surface area contributed by atoms with Gasteiger partial charge in [-0.05, 0) is 37.0 Å². The second kappa shape index (κ2) is 6.58. The number of aliphatic hydroxyl groups is 1. The molecule has 0 saturated carbocycles. The van der Waals surface area contributed by atoms with Gasteiger partial charge in [0, 0.05) is 6.54 Å². The van der Waals surface area contributed by atoms with Crippen molar-refractivity contribution in [2.45, 2.75) is 45.3 Å². The molecular formula is C17H21FN4O. The van der Waals surface area contributed by atoms with E-state index < -0.39 is 6.10 Å². The first kappa shape index (κ1) is 15.8. The largest absolute Gasteiger partial charge is 0.391 e. The Labute approximate surface area is 135 Å². The zero-order valence-corrected chi connectivity index (χ0v) is 13.4. The summed E-state index contributed by atoms with van der Waals surface area (Å²) < 4.78 is 13.2. The van der Waals surface area contributed by atoms with Crippen molar-refractivity contribution in [3.05, 3.63) is 47.0 Å². The first-order chi connectivity index (χ1) is 11.1. The fourth-order valence-electron chi connectivity index (χ4n) is 3.09. The molecule has 2 atom stereocenters. The summed E-state index contributed by atoms with van der Waals surface area (Å²) in [6, 6.07) is 6.31. The van der Waals surface area contributed by atoms with Crippen LogP contribution in [0.25, 0.3) is 0 Å². The van der Waals surface area contributed by atoms with Crippen LogP contribution in [0.3, 0.4) is 0 Å². The topological polar surface area (TPSA) is 62.1 Å². The summed E-state index contributed by atoms with van der Waals surface area (Å²) in [6.45, 7) is 4.53. The molecule has 2 aromatic rings. The molecule has 1 aromatic heterocycles. The van der Waals surface area contributed by atoms with Gasteiger partial charge in [-0.3, -0.25) is 0 Å². The molecule has 1 fully saturated rings. The number of benzene rings is 1. The van der Waals surface area contributed by atoms with E-state index in [9.17, 15) is 9.50 Å². The minimum atomic E-state index is -0.454. The average Bonchev–Trinajstić information content (AvgIpc) is 2.96. The molecule has 0 aliphatic carbocycles. The molecular weight excluding hydrogens is 295 g/mol. The minimum absolute atomic E-state index is 0.0652. The number of nitrogens with zero attached hydrogens (tertiary/aromatic N) is 4. The predicted octanol–water partition coefficient (Wildman–Crippen LogP) is 2.45. The van der Waals surface area contributed by atoms with Crippen LogP contribution in [0.5, 0.6) is 0 Å². The van der Waals surface area contributed by atoms with Crippen LogP contribution in [0.4, 0.5) is 10.3 Å². The molecule has 6 heteroatoms. The zero-order valence-electron chi connectivity index (χ0n) is 13.4.